The van der Waals surface area contributed by atoms with Crippen molar-refractivity contribution in [3.05, 3.63) is 70.4 Å². The molecule has 3 aromatic rings. The Labute approximate surface area is 226 Å². The first-order valence-electron chi connectivity index (χ1n) is 13.0. The molecule has 38 heavy (non-hydrogen) atoms. The Morgan fingerprint density at radius 3 is 2.68 bits per heavy atom. The highest BCUT2D eigenvalue weighted by Gasteiger charge is 2.43. The Balaban J connectivity index is 1.27. The third-order valence-corrected chi connectivity index (χ3v) is 8.43. The zero-order chi connectivity index (χ0) is 27.0. The molecule has 1 unspecified atom stereocenters. The smallest absolute Gasteiger partial charge is 0.255 e. The summed E-state index contributed by atoms with van der Waals surface area (Å²) in [5, 5.41) is 13.5. The topological polar surface area (TPSA) is 103 Å². The summed E-state index contributed by atoms with van der Waals surface area (Å²) in [6, 6.07) is 11.6. The molecule has 2 atom stereocenters. The van der Waals surface area contributed by atoms with Gasteiger partial charge in [0, 0.05) is 30.8 Å². The standard InChI is InChI=1S/C29H32N4O4S/c1-17(2)25(33-15-21-7-4-5-8-22(21)28(33)36)29(37)32-12-6-9-23(32)27(35)30-14-20-11-10-19(13-24(20)34)26-18(3)31-16-38-26/h4-5,7-8,10-11,13,16-17,23,25,34H,6,9,12,14-15H2,1-3H3,(H,30,35)/t23?,25-/m0/s1. The van der Waals surface area contributed by atoms with E-state index < -0.39 is 12.1 Å². The first-order valence-corrected chi connectivity index (χ1v) is 13.8. The highest BCUT2D eigenvalue weighted by molar-refractivity contribution is 7.13. The molecular formula is C29H32N4O4S. The average Bonchev–Trinajstić information content (AvgIpc) is 3.63. The van der Waals surface area contributed by atoms with E-state index in [1.165, 1.54) is 11.3 Å². The molecule has 8 nitrogen and oxygen atoms in total. The van der Waals surface area contributed by atoms with Gasteiger partial charge in [-0.1, -0.05) is 44.2 Å². The van der Waals surface area contributed by atoms with E-state index in [1.807, 2.05) is 45.0 Å². The van der Waals surface area contributed by atoms with Gasteiger partial charge in [0.15, 0.2) is 0 Å². The maximum absolute atomic E-state index is 13.8. The lowest BCUT2D eigenvalue weighted by atomic mass is 10.0. The third-order valence-electron chi connectivity index (χ3n) is 7.45. The molecule has 0 radical (unpaired) electrons. The van der Waals surface area contributed by atoms with Crippen molar-refractivity contribution in [2.24, 2.45) is 5.92 Å². The fraction of sp³-hybridized carbons (Fsp3) is 0.379. The maximum Gasteiger partial charge on any atom is 0.255 e. The number of carbonyl (C=O) groups is 3. The van der Waals surface area contributed by atoms with Crippen LogP contribution in [0.4, 0.5) is 0 Å². The Morgan fingerprint density at radius 2 is 2.00 bits per heavy atom. The van der Waals surface area contributed by atoms with Gasteiger partial charge in [-0.25, -0.2) is 4.98 Å². The van der Waals surface area contributed by atoms with Gasteiger partial charge in [-0.3, -0.25) is 14.4 Å². The van der Waals surface area contributed by atoms with E-state index in [-0.39, 0.29) is 35.9 Å². The van der Waals surface area contributed by atoms with Crippen molar-refractivity contribution in [3.63, 3.8) is 0 Å². The minimum atomic E-state index is -0.643. The molecule has 5 rings (SSSR count). The van der Waals surface area contributed by atoms with Crippen molar-refractivity contribution in [3.8, 4) is 16.2 Å². The van der Waals surface area contributed by atoms with E-state index in [4.69, 9.17) is 0 Å². The predicted octanol–water partition coefficient (Wildman–Crippen LogP) is 4.11. The number of fused-ring (bicyclic) bond motifs is 1. The molecule has 1 fully saturated rings. The van der Waals surface area contributed by atoms with Crippen molar-refractivity contribution in [1.82, 2.24) is 20.1 Å². The molecule has 2 aliphatic rings. The van der Waals surface area contributed by atoms with Crippen LogP contribution in [0.25, 0.3) is 10.4 Å². The minimum Gasteiger partial charge on any atom is -0.508 e. The summed E-state index contributed by atoms with van der Waals surface area (Å²) in [5.74, 6) is -0.591. The van der Waals surface area contributed by atoms with E-state index in [0.717, 1.165) is 28.1 Å². The number of hydrogen-bond donors (Lipinski definition) is 2. The summed E-state index contributed by atoms with van der Waals surface area (Å²) in [6.07, 6.45) is 1.28. The Hall–Kier alpha value is -3.72. The Bertz CT molecular complexity index is 1380. The number of amides is 3. The molecule has 2 aliphatic heterocycles. The van der Waals surface area contributed by atoms with Crippen LogP contribution in [0.2, 0.25) is 0 Å². The van der Waals surface area contributed by atoms with Crippen LogP contribution < -0.4 is 5.32 Å². The van der Waals surface area contributed by atoms with Gasteiger partial charge in [-0.05, 0) is 48.9 Å². The SMILES string of the molecule is Cc1ncsc1-c1ccc(CNC(=O)C2CCCN2C(=O)[C@H](C(C)C)N2Cc3ccccc3C2=O)c(O)c1. The van der Waals surface area contributed by atoms with Crippen LogP contribution >= 0.6 is 11.3 Å². The number of aromatic nitrogens is 1. The van der Waals surface area contributed by atoms with Crippen molar-refractivity contribution in [2.75, 3.05) is 6.54 Å². The number of nitrogens with zero attached hydrogens (tertiary/aromatic N) is 3. The molecular weight excluding hydrogens is 500 g/mol. The molecule has 0 bridgehead atoms. The molecule has 2 aromatic carbocycles. The number of rotatable bonds is 7. The number of phenols is 1. The van der Waals surface area contributed by atoms with Crippen molar-refractivity contribution >= 4 is 29.1 Å². The molecule has 9 heteroatoms. The summed E-state index contributed by atoms with van der Waals surface area (Å²) in [4.78, 5) is 48.7. The van der Waals surface area contributed by atoms with Crippen molar-refractivity contribution in [2.45, 2.75) is 58.8 Å². The summed E-state index contributed by atoms with van der Waals surface area (Å²) < 4.78 is 0. The number of likely N-dealkylation sites (tertiary alicyclic amines) is 1. The molecule has 0 aliphatic carbocycles. The number of hydrogen-bond acceptors (Lipinski definition) is 6. The van der Waals surface area contributed by atoms with Crippen LogP contribution in [0.15, 0.2) is 48.0 Å². The van der Waals surface area contributed by atoms with Gasteiger partial charge >= 0.3 is 0 Å². The van der Waals surface area contributed by atoms with Crippen LogP contribution in [-0.2, 0) is 22.7 Å². The lowest BCUT2D eigenvalue weighted by Crippen LogP contribution is -2.55. The zero-order valence-electron chi connectivity index (χ0n) is 21.8. The van der Waals surface area contributed by atoms with Gasteiger partial charge in [0.05, 0.1) is 16.1 Å². The first-order chi connectivity index (χ1) is 18.3. The maximum atomic E-state index is 13.8. The molecule has 1 saturated heterocycles. The zero-order valence-corrected chi connectivity index (χ0v) is 22.6. The molecule has 0 spiro atoms. The summed E-state index contributed by atoms with van der Waals surface area (Å²) in [5.41, 5.74) is 5.71. The largest absolute Gasteiger partial charge is 0.508 e. The summed E-state index contributed by atoms with van der Waals surface area (Å²) in [7, 11) is 0. The fourth-order valence-electron chi connectivity index (χ4n) is 5.49. The van der Waals surface area contributed by atoms with Gasteiger partial charge in [0.2, 0.25) is 11.8 Å². The molecule has 1 aromatic heterocycles. The quantitative estimate of drug-likeness (QED) is 0.477. The average molecular weight is 533 g/mol. The second kappa shape index (κ2) is 10.6. The second-order valence-corrected chi connectivity index (χ2v) is 11.2. The van der Waals surface area contributed by atoms with Gasteiger partial charge in [0.25, 0.3) is 5.91 Å². The third kappa shape index (κ3) is 4.78. The monoisotopic (exact) mass is 532 g/mol. The fourth-order valence-corrected chi connectivity index (χ4v) is 6.29. The number of aromatic hydroxyl groups is 1. The van der Waals surface area contributed by atoms with Crippen molar-refractivity contribution in [1.29, 1.82) is 0 Å². The number of nitrogens with one attached hydrogen (secondary N) is 1. The highest BCUT2D eigenvalue weighted by atomic mass is 32.1. The Kier molecular flexibility index (Phi) is 7.21. The van der Waals surface area contributed by atoms with Gasteiger partial charge in [-0.15, -0.1) is 11.3 Å². The van der Waals surface area contributed by atoms with E-state index in [9.17, 15) is 19.5 Å². The number of carbonyl (C=O) groups excluding carboxylic acids is 3. The number of phenolic OH excluding ortho intramolecular Hbond substituents is 1. The molecule has 2 N–H and O–H groups in total. The minimum absolute atomic E-state index is 0.0990. The lowest BCUT2D eigenvalue weighted by molar-refractivity contribution is -0.143. The number of aryl methyl sites for hydroxylation is 1. The molecule has 3 heterocycles. The van der Waals surface area contributed by atoms with E-state index in [2.05, 4.69) is 10.3 Å². The van der Waals surface area contributed by atoms with Gasteiger partial charge < -0.3 is 20.2 Å². The van der Waals surface area contributed by atoms with Crippen LogP contribution in [0.1, 0.15) is 53.9 Å². The van der Waals surface area contributed by atoms with Gasteiger partial charge in [0.1, 0.15) is 17.8 Å². The van der Waals surface area contributed by atoms with Crippen LogP contribution in [0.3, 0.4) is 0 Å². The first kappa shape index (κ1) is 25.9. The highest BCUT2D eigenvalue weighted by Crippen LogP contribution is 2.32. The number of benzene rings is 2. The molecule has 198 valence electrons. The Morgan fingerprint density at radius 1 is 1.21 bits per heavy atom. The second-order valence-electron chi connectivity index (χ2n) is 10.3. The summed E-state index contributed by atoms with van der Waals surface area (Å²) >= 11 is 1.51. The number of thiazole rings is 1. The van der Waals surface area contributed by atoms with E-state index in [0.29, 0.717) is 30.6 Å². The lowest BCUT2D eigenvalue weighted by Gasteiger charge is -2.35. The van der Waals surface area contributed by atoms with Crippen LogP contribution in [-0.4, -0.2) is 56.2 Å². The van der Waals surface area contributed by atoms with Crippen molar-refractivity contribution < 1.29 is 19.5 Å². The van der Waals surface area contributed by atoms with Crippen LogP contribution in [0, 0.1) is 12.8 Å². The van der Waals surface area contributed by atoms with Crippen LogP contribution in [0.5, 0.6) is 5.75 Å². The molecule has 3 amide bonds. The normalized spacial score (nSPS) is 17.7. The predicted molar refractivity (Wildman–Crippen MR) is 145 cm³/mol. The summed E-state index contributed by atoms with van der Waals surface area (Å²) in [6.45, 7) is 6.81. The van der Waals surface area contributed by atoms with E-state index >= 15 is 0 Å². The molecule has 0 saturated carbocycles. The van der Waals surface area contributed by atoms with Gasteiger partial charge in [-0.2, -0.15) is 0 Å². The van der Waals surface area contributed by atoms with E-state index in [1.54, 1.807) is 33.5 Å².